The zero-order chi connectivity index (χ0) is 23.4. The van der Waals surface area contributed by atoms with E-state index in [1.165, 1.54) is 11.8 Å². The molecule has 0 unspecified atom stereocenters. The van der Waals surface area contributed by atoms with E-state index in [1.54, 1.807) is 16.6 Å². The number of esters is 1. The van der Waals surface area contributed by atoms with Crippen molar-refractivity contribution in [2.45, 2.75) is 63.4 Å². The normalized spacial score (nSPS) is 18.3. The summed E-state index contributed by atoms with van der Waals surface area (Å²) in [4.78, 5) is 33.8. The van der Waals surface area contributed by atoms with Gasteiger partial charge in [-0.25, -0.2) is 14.3 Å². The molecule has 1 amide bonds. The summed E-state index contributed by atoms with van der Waals surface area (Å²) < 4.78 is 7.03. The Morgan fingerprint density at radius 3 is 2.70 bits per heavy atom. The maximum Gasteiger partial charge on any atom is 0.338 e. The zero-order valence-electron chi connectivity index (χ0n) is 19.2. The van der Waals surface area contributed by atoms with Crippen molar-refractivity contribution in [1.82, 2.24) is 24.9 Å². The smallest absolute Gasteiger partial charge is 0.338 e. The number of carbonyl (C=O) groups excluding carboxylic acids is 2. The second kappa shape index (κ2) is 10.3. The van der Waals surface area contributed by atoms with Gasteiger partial charge >= 0.3 is 5.97 Å². The Labute approximate surface area is 197 Å². The summed E-state index contributed by atoms with van der Waals surface area (Å²) >= 11 is 1.42. The quantitative estimate of drug-likeness (QED) is 0.416. The topological polar surface area (TPSA) is 98.5 Å². The largest absolute Gasteiger partial charge is 0.452 e. The van der Waals surface area contributed by atoms with E-state index in [-0.39, 0.29) is 18.6 Å². The number of nitrogens with zero attached hydrogens (tertiary/aromatic N) is 4. The van der Waals surface area contributed by atoms with Gasteiger partial charge in [-0.1, -0.05) is 36.9 Å². The molecule has 33 heavy (non-hydrogen) atoms. The number of carbonyl (C=O) groups is 2. The van der Waals surface area contributed by atoms with Gasteiger partial charge in [0, 0.05) is 23.2 Å². The summed E-state index contributed by atoms with van der Waals surface area (Å²) in [5, 5.41) is 8.07. The van der Waals surface area contributed by atoms with Crippen LogP contribution in [0.15, 0.2) is 35.5 Å². The molecule has 0 spiro atoms. The maximum atomic E-state index is 12.7. The van der Waals surface area contributed by atoms with Crippen molar-refractivity contribution < 1.29 is 14.3 Å². The van der Waals surface area contributed by atoms with Gasteiger partial charge in [-0.3, -0.25) is 4.79 Å². The van der Waals surface area contributed by atoms with Gasteiger partial charge in [-0.2, -0.15) is 4.98 Å². The molecule has 1 N–H and O–H groups in total. The van der Waals surface area contributed by atoms with Gasteiger partial charge < -0.3 is 10.1 Å². The first kappa shape index (κ1) is 23.2. The monoisotopic (exact) mass is 467 g/mol. The molecule has 0 bridgehead atoms. The fourth-order valence-electron chi connectivity index (χ4n) is 4.08. The average molecular weight is 468 g/mol. The first-order chi connectivity index (χ1) is 15.9. The number of thioether (sulfide) groups is 1. The minimum atomic E-state index is -0.505. The molecule has 0 atom stereocenters. The van der Waals surface area contributed by atoms with Gasteiger partial charge in [0.1, 0.15) is 0 Å². The van der Waals surface area contributed by atoms with Crippen LogP contribution in [0.3, 0.4) is 0 Å². The lowest BCUT2D eigenvalue weighted by Crippen LogP contribution is -2.39. The molecular weight excluding hydrogens is 438 g/mol. The number of hydrogen-bond acceptors (Lipinski definition) is 7. The Balaban J connectivity index is 1.34. The van der Waals surface area contributed by atoms with Crippen molar-refractivity contribution in [3.63, 3.8) is 0 Å². The van der Waals surface area contributed by atoms with Crippen LogP contribution in [-0.2, 0) is 15.3 Å². The molecular formula is C24H29N5O3S. The highest BCUT2D eigenvalue weighted by molar-refractivity contribution is 7.98. The van der Waals surface area contributed by atoms with Crippen molar-refractivity contribution in [2.75, 3.05) is 6.61 Å². The SMILES string of the molecule is Cc1cc(C)n2nc(SCc3ccccc3C(=O)OCC(=O)NC3CCC(C)CC3)nc2n1. The third kappa shape index (κ3) is 5.90. The van der Waals surface area contributed by atoms with Crippen LogP contribution in [0.5, 0.6) is 0 Å². The number of amides is 1. The Kier molecular flexibility index (Phi) is 7.27. The second-order valence-corrected chi connectivity index (χ2v) is 9.63. The van der Waals surface area contributed by atoms with Crippen LogP contribution in [0.25, 0.3) is 5.78 Å². The third-order valence-electron chi connectivity index (χ3n) is 5.91. The summed E-state index contributed by atoms with van der Waals surface area (Å²) in [6.07, 6.45) is 4.19. The number of hydrogen-bond donors (Lipinski definition) is 1. The summed E-state index contributed by atoms with van der Waals surface area (Å²) in [6, 6.07) is 9.37. The maximum absolute atomic E-state index is 12.7. The minimum absolute atomic E-state index is 0.177. The van der Waals surface area contributed by atoms with Crippen molar-refractivity contribution in [3.05, 3.63) is 52.8 Å². The van der Waals surface area contributed by atoms with E-state index >= 15 is 0 Å². The van der Waals surface area contributed by atoms with E-state index in [4.69, 9.17) is 4.74 Å². The minimum Gasteiger partial charge on any atom is -0.452 e. The van der Waals surface area contributed by atoms with E-state index in [9.17, 15) is 9.59 Å². The van der Waals surface area contributed by atoms with E-state index < -0.39 is 5.97 Å². The lowest BCUT2D eigenvalue weighted by molar-refractivity contribution is -0.125. The number of fused-ring (bicyclic) bond motifs is 1. The summed E-state index contributed by atoms with van der Waals surface area (Å²) in [5.41, 5.74) is 3.09. The summed E-state index contributed by atoms with van der Waals surface area (Å²) in [5.74, 6) is 1.01. The van der Waals surface area contributed by atoms with Crippen LogP contribution in [-0.4, -0.2) is 44.1 Å². The van der Waals surface area contributed by atoms with Gasteiger partial charge in [0.05, 0.1) is 5.56 Å². The number of ether oxygens (including phenoxy) is 1. The van der Waals surface area contributed by atoms with Crippen LogP contribution >= 0.6 is 11.8 Å². The predicted octanol–water partition coefficient (Wildman–Crippen LogP) is 3.89. The molecule has 0 radical (unpaired) electrons. The van der Waals surface area contributed by atoms with Gasteiger partial charge in [-0.15, -0.1) is 5.10 Å². The highest BCUT2D eigenvalue weighted by Gasteiger charge is 2.21. The molecule has 0 saturated heterocycles. The summed E-state index contributed by atoms with van der Waals surface area (Å²) in [6.45, 7) is 5.84. The number of aromatic nitrogens is 4. The number of aryl methyl sites for hydroxylation is 2. The Morgan fingerprint density at radius 1 is 1.15 bits per heavy atom. The number of benzene rings is 1. The molecule has 1 aromatic carbocycles. The van der Waals surface area contributed by atoms with Crippen LogP contribution in [0.2, 0.25) is 0 Å². The summed E-state index contributed by atoms with van der Waals surface area (Å²) in [7, 11) is 0. The zero-order valence-corrected chi connectivity index (χ0v) is 20.0. The van der Waals surface area contributed by atoms with Crippen LogP contribution in [0.4, 0.5) is 0 Å². The number of nitrogens with one attached hydrogen (secondary N) is 1. The molecule has 0 aliphatic heterocycles. The lowest BCUT2D eigenvalue weighted by Gasteiger charge is -2.26. The van der Waals surface area contributed by atoms with Crippen molar-refractivity contribution >= 4 is 29.4 Å². The molecule has 9 heteroatoms. The van der Waals surface area contributed by atoms with Gasteiger partial charge in [0.25, 0.3) is 11.7 Å². The fraction of sp³-hybridized carbons (Fsp3) is 0.458. The Morgan fingerprint density at radius 2 is 1.91 bits per heavy atom. The molecule has 4 rings (SSSR count). The highest BCUT2D eigenvalue weighted by atomic mass is 32.2. The second-order valence-electron chi connectivity index (χ2n) is 8.69. The van der Waals surface area contributed by atoms with Gasteiger partial charge in [-0.05, 0) is 63.1 Å². The standard InChI is InChI=1S/C24H29N5O3S/c1-15-8-10-19(11-9-15)26-21(30)13-32-22(31)20-7-5-4-6-18(20)14-33-24-27-23-25-16(2)12-17(3)29(23)28-24/h4-7,12,15,19H,8-11,13-14H2,1-3H3,(H,26,30). The average Bonchev–Trinajstić information content (AvgIpc) is 3.21. The van der Waals surface area contributed by atoms with Crippen molar-refractivity contribution in [2.24, 2.45) is 5.92 Å². The van der Waals surface area contributed by atoms with Crippen molar-refractivity contribution in [3.8, 4) is 0 Å². The molecule has 1 fully saturated rings. The molecule has 1 saturated carbocycles. The van der Waals surface area contributed by atoms with E-state index in [0.717, 1.165) is 42.6 Å². The molecule has 8 nitrogen and oxygen atoms in total. The Hall–Kier alpha value is -2.94. The van der Waals surface area contributed by atoms with Gasteiger partial charge in [0.15, 0.2) is 6.61 Å². The molecule has 174 valence electrons. The van der Waals surface area contributed by atoms with Crippen LogP contribution < -0.4 is 5.32 Å². The first-order valence-electron chi connectivity index (χ1n) is 11.3. The predicted molar refractivity (Wildman–Crippen MR) is 126 cm³/mol. The lowest BCUT2D eigenvalue weighted by atomic mass is 9.87. The Bertz CT molecular complexity index is 1150. The van der Waals surface area contributed by atoms with Crippen molar-refractivity contribution in [1.29, 1.82) is 0 Å². The van der Waals surface area contributed by atoms with E-state index in [2.05, 4.69) is 27.3 Å². The van der Waals surface area contributed by atoms with E-state index in [0.29, 0.717) is 28.2 Å². The molecule has 2 heterocycles. The third-order valence-corrected chi connectivity index (χ3v) is 6.79. The number of rotatable bonds is 7. The fourth-order valence-corrected chi connectivity index (χ4v) is 4.90. The molecule has 1 aliphatic rings. The molecule has 1 aliphatic carbocycles. The van der Waals surface area contributed by atoms with Crippen LogP contribution in [0.1, 0.15) is 59.9 Å². The molecule has 3 aromatic rings. The van der Waals surface area contributed by atoms with E-state index in [1.807, 2.05) is 32.0 Å². The van der Waals surface area contributed by atoms with Crippen LogP contribution in [0, 0.1) is 19.8 Å². The van der Waals surface area contributed by atoms with Gasteiger partial charge in [0.2, 0.25) is 5.16 Å². The first-order valence-corrected chi connectivity index (χ1v) is 12.3. The highest BCUT2D eigenvalue weighted by Crippen LogP contribution is 2.24. The molecule has 2 aromatic heterocycles.